The molecular formula is C17H26BNO2. The average molecular weight is 287 g/mol. The average Bonchev–Trinajstić information content (AvgIpc) is 2.67. The van der Waals surface area contributed by atoms with Crippen LogP contribution in [0, 0.1) is 22.7 Å². The van der Waals surface area contributed by atoms with Crippen LogP contribution in [0.1, 0.15) is 66.2 Å². The Hall–Kier alpha value is -0.785. The molecular weight excluding hydrogens is 261 g/mol. The third-order valence-electron chi connectivity index (χ3n) is 6.30. The number of hydrogen-bond donors (Lipinski definition) is 0. The van der Waals surface area contributed by atoms with Gasteiger partial charge in [-0.15, -0.1) is 0 Å². The smallest absolute Gasteiger partial charge is 0.400 e. The molecule has 4 heteroatoms. The third-order valence-corrected chi connectivity index (χ3v) is 6.30. The highest BCUT2D eigenvalue weighted by Crippen LogP contribution is 2.54. The highest BCUT2D eigenvalue weighted by Gasteiger charge is 2.55. The number of allylic oxidation sites excluding steroid dienone is 2. The summed E-state index contributed by atoms with van der Waals surface area (Å²) in [6.45, 7) is 8.57. The van der Waals surface area contributed by atoms with E-state index >= 15 is 0 Å². The number of nitriles is 1. The number of nitrogens with zero attached hydrogens (tertiary/aromatic N) is 1. The van der Waals surface area contributed by atoms with E-state index in [1.807, 2.05) is 0 Å². The van der Waals surface area contributed by atoms with Gasteiger partial charge in [-0.25, -0.2) is 0 Å². The van der Waals surface area contributed by atoms with Gasteiger partial charge in [0.2, 0.25) is 0 Å². The van der Waals surface area contributed by atoms with E-state index in [1.165, 1.54) is 11.9 Å². The second-order valence-corrected chi connectivity index (χ2v) is 7.88. The molecule has 1 unspecified atom stereocenters. The molecule has 0 amide bonds. The maximum atomic E-state index is 8.96. The summed E-state index contributed by atoms with van der Waals surface area (Å²) < 4.78 is 12.5. The third kappa shape index (κ3) is 2.35. The zero-order valence-corrected chi connectivity index (χ0v) is 13.7. The van der Waals surface area contributed by atoms with Crippen molar-refractivity contribution < 1.29 is 9.31 Å². The summed E-state index contributed by atoms with van der Waals surface area (Å²) in [5, 5.41) is 8.96. The Morgan fingerprint density at radius 2 is 2.05 bits per heavy atom. The van der Waals surface area contributed by atoms with Crippen LogP contribution in [0.5, 0.6) is 0 Å². The monoisotopic (exact) mass is 287 g/mol. The minimum Gasteiger partial charge on any atom is -0.400 e. The van der Waals surface area contributed by atoms with Crippen molar-refractivity contribution in [1.82, 2.24) is 0 Å². The van der Waals surface area contributed by atoms with E-state index < -0.39 is 0 Å². The molecule has 3 nitrogen and oxygen atoms in total. The lowest BCUT2D eigenvalue weighted by molar-refractivity contribution is -0.0118. The van der Waals surface area contributed by atoms with Crippen molar-refractivity contribution in [3.63, 3.8) is 0 Å². The van der Waals surface area contributed by atoms with Gasteiger partial charge < -0.3 is 9.31 Å². The van der Waals surface area contributed by atoms with E-state index in [0.29, 0.717) is 11.3 Å². The Morgan fingerprint density at radius 1 is 1.33 bits per heavy atom. The summed E-state index contributed by atoms with van der Waals surface area (Å²) in [4.78, 5) is 0. The topological polar surface area (TPSA) is 42.2 Å². The van der Waals surface area contributed by atoms with E-state index in [2.05, 4.69) is 39.8 Å². The van der Waals surface area contributed by atoms with Crippen LogP contribution in [0.4, 0.5) is 0 Å². The lowest BCUT2D eigenvalue weighted by Crippen LogP contribution is -2.44. The van der Waals surface area contributed by atoms with E-state index in [-0.39, 0.29) is 18.3 Å². The SMILES string of the molecule is CCC1(C)OB(C2=CCC3(CC2)CC(C#N)C3)OC1(C)C. The van der Waals surface area contributed by atoms with Gasteiger partial charge in [-0.3, -0.25) is 0 Å². The Morgan fingerprint density at radius 3 is 2.52 bits per heavy atom. The normalized spacial score (nSPS) is 41.6. The van der Waals surface area contributed by atoms with Crippen LogP contribution in [0.15, 0.2) is 11.5 Å². The minimum atomic E-state index is -0.245. The Kier molecular flexibility index (Phi) is 3.50. The Bertz CT molecular complexity index is 501. The first kappa shape index (κ1) is 15.1. The van der Waals surface area contributed by atoms with Gasteiger partial charge in [-0.1, -0.05) is 13.0 Å². The zero-order valence-electron chi connectivity index (χ0n) is 13.7. The van der Waals surface area contributed by atoms with E-state index in [0.717, 1.165) is 32.1 Å². The number of hydrogen-bond acceptors (Lipinski definition) is 3. The molecule has 114 valence electrons. The first-order valence-electron chi connectivity index (χ1n) is 8.27. The molecule has 0 aromatic heterocycles. The molecule has 2 aliphatic carbocycles. The summed E-state index contributed by atoms with van der Waals surface area (Å²) in [6.07, 6.45) is 8.78. The van der Waals surface area contributed by atoms with Crippen LogP contribution in [0.2, 0.25) is 0 Å². The van der Waals surface area contributed by atoms with Gasteiger partial charge in [0, 0.05) is 5.92 Å². The highest BCUT2D eigenvalue weighted by atomic mass is 16.7. The van der Waals surface area contributed by atoms with Crippen LogP contribution in [-0.4, -0.2) is 18.3 Å². The molecule has 1 atom stereocenters. The second kappa shape index (κ2) is 4.86. The molecule has 3 aliphatic rings. The van der Waals surface area contributed by atoms with Crippen LogP contribution < -0.4 is 0 Å². The van der Waals surface area contributed by atoms with Crippen LogP contribution in [0.3, 0.4) is 0 Å². The van der Waals surface area contributed by atoms with Gasteiger partial charge >= 0.3 is 7.12 Å². The fourth-order valence-corrected chi connectivity index (χ4v) is 4.08. The van der Waals surface area contributed by atoms with Gasteiger partial charge in [0.05, 0.1) is 17.3 Å². The molecule has 3 rings (SSSR count). The van der Waals surface area contributed by atoms with Gasteiger partial charge in [0.1, 0.15) is 0 Å². The molecule has 21 heavy (non-hydrogen) atoms. The first-order chi connectivity index (χ1) is 9.83. The fourth-order valence-electron chi connectivity index (χ4n) is 4.08. The van der Waals surface area contributed by atoms with Crippen molar-refractivity contribution in [2.45, 2.75) is 77.4 Å². The standard InChI is InChI=1S/C17H26BNO2/c1-5-16(4)15(2,3)20-18(21-16)14-6-8-17(9-7-14)10-13(11-17)12-19/h6,13H,5,7-11H2,1-4H3. The maximum absolute atomic E-state index is 8.96. The van der Waals surface area contributed by atoms with Gasteiger partial charge in [0.15, 0.2) is 0 Å². The Balaban J connectivity index is 1.67. The molecule has 1 aliphatic heterocycles. The van der Waals surface area contributed by atoms with Crippen molar-refractivity contribution >= 4 is 7.12 Å². The molecule has 1 saturated heterocycles. The van der Waals surface area contributed by atoms with Gasteiger partial charge in [0.25, 0.3) is 0 Å². The van der Waals surface area contributed by atoms with Crippen LogP contribution in [0.25, 0.3) is 0 Å². The van der Waals surface area contributed by atoms with Crippen molar-refractivity contribution in [3.05, 3.63) is 11.5 Å². The maximum Gasteiger partial charge on any atom is 0.490 e. The van der Waals surface area contributed by atoms with E-state index in [9.17, 15) is 0 Å². The molecule has 0 radical (unpaired) electrons. The molecule has 0 aromatic carbocycles. The van der Waals surface area contributed by atoms with E-state index in [1.54, 1.807) is 0 Å². The Labute approximate surface area is 128 Å². The lowest BCUT2D eigenvalue weighted by Gasteiger charge is -2.47. The summed E-state index contributed by atoms with van der Waals surface area (Å²) in [5.74, 6) is 0.293. The van der Waals surface area contributed by atoms with Crippen molar-refractivity contribution in [2.24, 2.45) is 11.3 Å². The van der Waals surface area contributed by atoms with Crippen molar-refractivity contribution in [2.75, 3.05) is 0 Å². The quantitative estimate of drug-likeness (QED) is 0.720. The largest absolute Gasteiger partial charge is 0.490 e. The van der Waals surface area contributed by atoms with Crippen molar-refractivity contribution in [1.29, 1.82) is 5.26 Å². The highest BCUT2D eigenvalue weighted by molar-refractivity contribution is 6.54. The lowest BCUT2D eigenvalue weighted by atomic mass is 9.54. The van der Waals surface area contributed by atoms with Crippen LogP contribution in [-0.2, 0) is 9.31 Å². The van der Waals surface area contributed by atoms with Crippen LogP contribution >= 0.6 is 0 Å². The molecule has 2 fully saturated rings. The molecule has 1 heterocycles. The minimum absolute atomic E-state index is 0.172. The summed E-state index contributed by atoms with van der Waals surface area (Å²) in [5.41, 5.74) is 1.26. The molecule has 1 spiro atoms. The molecule has 0 N–H and O–H groups in total. The van der Waals surface area contributed by atoms with Gasteiger partial charge in [-0.2, -0.15) is 5.26 Å². The summed E-state index contributed by atoms with van der Waals surface area (Å²) in [6, 6.07) is 2.40. The molecule has 1 saturated carbocycles. The predicted molar refractivity (Wildman–Crippen MR) is 83.4 cm³/mol. The fraction of sp³-hybridized carbons (Fsp3) is 0.824. The predicted octanol–water partition coefficient (Wildman–Crippen LogP) is 4.04. The summed E-state index contributed by atoms with van der Waals surface area (Å²) in [7, 11) is -0.172. The van der Waals surface area contributed by atoms with Crippen molar-refractivity contribution in [3.8, 4) is 6.07 Å². The van der Waals surface area contributed by atoms with E-state index in [4.69, 9.17) is 14.6 Å². The molecule has 0 aromatic rings. The second-order valence-electron chi connectivity index (χ2n) is 7.88. The first-order valence-corrected chi connectivity index (χ1v) is 8.27. The number of rotatable bonds is 2. The zero-order chi connectivity index (χ0) is 15.3. The summed E-state index contributed by atoms with van der Waals surface area (Å²) >= 11 is 0. The van der Waals surface area contributed by atoms with Gasteiger partial charge in [-0.05, 0) is 70.2 Å². The molecule has 0 bridgehead atoms.